The van der Waals surface area contributed by atoms with Crippen molar-refractivity contribution in [3.05, 3.63) is 182 Å². The monoisotopic (exact) mass is 762 g/mol. The van der Waals surface area contributed by atoms with E-state index in [-0.39, 0.29) is 0 Å². The number of fused-ring (bicyclic) bond motifs is 10. The Bertz CT molecular complexity index is 3510. The lowest BCUT2D eigenvalue weighted by molar-refractivity contribution is 1.08. The predicted octanol–water partition coefficient (Wildman–Crippen LogP) is 14.4. The van der Waals surface area contributed by atoms with Gasteiger partial charge in [-0.1, -0.05) is 133 Å². The summed E-state index contributed by atoms with van der Waals surface area (Å²) in [6.45, 7) is 0. The van der Waals surface area contributed by atoms with Crippen molar-refractivity contribution < 1.29 is 0 Å². The summed E-state index contributed by atoms with van der Waals surface area (Å²) in [5.41, 5.74) is 8.80. The van der Waals surface area contributed by atoms with E-state index in [0.29, 0.717) is 17.5 Å². The molecule has 0 aliphatic rings. The van der Waals surface area contributed by atoms with Gasteiger partial charge in [0, 0.05) is 68.8 Å². The summed E-state index contributed by atoms with van der Waals surface area (Å²) < 4.78 is 7.35. The second kappa shape index (κ2) is 12.8. The molecular formula is C51H30N4S2. The average Bonchev–Trinajstić information content (AvgIpc) is 3.96. The van der Waals surface area contributed by atoms with Crippen LogP contribution in [0.1, 0.15) is 0 Å². The normalized spacial score (nSPS) is 11.9. The van der Waals surface area contributed by atoms with Crippen LogP contribution in [0.25, 0.3) is 113 Å². The largest absolute Gasteiger partial charge is 0.308 e. The molecule has 0 amide bonds. The first-order valence-electron chi connectivity index (χ1n) is 19.0. The highest BCUT2D eigenvalue weighted by atomic mass is 32.1. The molecule has 266 valence electrons. The number of thiophene rings is 2. The van der Waals surface area contributed by atoms with Crippen LogP contribution in [0, 0.1) is 0 Å². The fraction of sp³-hybridized carbons (Fsp3) is 0. The Kier molecular flexibility index (Phi) is 7.24. The van der Waals surface area contributed by atoms with Crippen molar-refractivity contribution in [1.82, 2.24) is 19.5 Å². The zero-order valence-electron chi connectivity index (χ0n) is 30.4. The Morgan fingerprint density at radius 2 is 0.947 bits per heavy atom. The molecule has 0 saturated heterocycles. The van der Waals surface area contributed by atoms with Gasteiger partial charge < -0.3 is 4.57 Å². The van der Waals surface area contributed by atoms with E-state index in [1.165, 1.54) is 63.0 Å². The Morgan fingerprint density at radius 3 is 1.79 bits per heavy atom. The number of benzene rings is 8. The molecule has 0 aliphatic carbocycles. The zero-order valence-corrected chi connectivity index (χ0v) is 32.1. The lowest BCUT2D eigenvalue weighted by Crippen LogP contribution is -2.00. The molecule has 0 saturated carbocycles. The van der Waals surface area contributed by atoms with Gasteiger partial charge in [-0.05, 0) is 59.7 Å². The summed E-state index contributed by atoms with van der Waals surface area (Å²) in [4.78, 5) is 15.8. The molecule has 4 heterocycles. The SMILES string of the molecule is c1ccc(-c2ccc(-c3nc(-c4ccc5sc6ccccc6c5c4)nc(-c4cccc5c4sc4c5ccc5c6ccccc6n(-c6ccccc6)c54)n3)cc2)cc1. The third kappa shape index (κ3) is 5.15. The maximum atomic E-state index is 5.30. The van der Waals surface area contributed by atoms with E-state index in [4.69, 9.17) is 15.0 Å². The highest BCUT2D eigenvalue weighted by Crippen LogP contribution is 2.46. The molecule has 8 aromatic carbocycles. The summed E-state index contributed by atoms with van der Waals surface area (Å²) >= 11 is 3.64. The first-order valence-corrected chi connectivity index (χ1v) is 20.7. The van der Waals surface area contributed by atoms with Gasteiger partial charge in [0.25, 0.3) is 0 Å². The van der Waals surface area contributed by atoms with Gasteiger partial charge >= 0.3 is 0 Å². The van der Waals surface area contributed by atoms with Gasteiger partial charge in [-0.2, -0.15) is 0 Å². The Labute approximate surface area is 335 Å². The number of para-hydroxylation sites is 2. The summed E-state index contributed by atoms with van der Waals surface area (Å²) in [7, 11) is 0. The quantitative estimate of drug-likeness (QED) is 0.175. The van der Waals surface area contributed by atoms with Crippen LogP contribution in [0.4, 0.5) is 0 Å². The van der Waals surface area contributed by atoms with E-state index in [0.717, 1.165) is 32.6 Å². The van der Waals surface area contributed by atoms with E-state index in [1.807, 2.05) is 28.7 Å². The summed E-state index contributed by atoms with van der Waals surface area (Å²) in [6, 6.07) is 64.8. The van der Waals surface area contributed by atoms with Crippen LogP contribution < -0.4 is 0 Å². The fourth-order valence-corrected chi connectivity index (χ4v) is 10.8. The first kappa shape index (κ1) is 32.3. The molecule has 12 aromatic rings. The smallest absolute Gasteiger partial charge is 0.165 e. The van der Waals surface area contributed by atoms with E-state index >= 15 is 0 Å². The van der Waals surface area contributed by atoms with Crippen LogP contribution in [0.15, 0.2) is 182 Å². The Balaban J connectivity index is 1.09. The number of rotatable bonds is 5. The molecule has 0 unspecified atom stereocenters. The minimum absolute atomic E-state index is 0.648. The van der Waals surface area contributed by atoms with Gasteiger partial charge in [-0.25, -0.2) is 15.0 Å². The van der Waals surface area contributed by atoms with Crippen LogP contribution in [0.2, 0.25) is 0 Å². The van der Waals surface area contributed by atoms with Crippen molar-refractivity contribution >= 4 is 84.8 Å². The van der Waals surface area contributed by atoms with E-state index in [2.05, 4.69) is 180 Å². The average molecular weight is 763 g/mol. The zero-order chi connectivity index (χ0) is 37.5. The fourth-order valence-electron chi connectivity index (χ4n) is 8.39. The highest BCUT2D eigenvalue weighted by molar-refractivity contribution is 7.27. The molecule has 6 heteroatoms. The molecular weight excluding hydrogens is 733 g/mol. The molecule has 4 aromatic heterocycles. The molecule has 0 N–H and O–H groups in total. The minimum Gasteiger partial charge on any atom is -0.308 e. The highest BCUT2D eigenvalue weighted by Gasteiger charge is 2.21. The molecule has 0 fully saturated rings. The van der Waals surface area contributed by atoms with Crippen LogP contribution in [0.3, 0.4) is 0 Å². The van der Waals surface area contributed by atoms with E-state index < -0.39 is 0 Å². The minimum atomic E-state index is 0.648. The van der Waals surface area contributed by atoms with Crippen molar-refractivity contribution in [3.63, 3.8) is 0 Å². The van der Waals surface area contributed by atoms with Gasteiger partial charge in [-0.15, -0.1) is 22.7 Å². The number of nitrogens with zero attached hydrogens (tertiary/aromatic N) is 4. The third-order valence-corrected chi connectivity index (χ3v) is 13.5. The third-order valence-electron chi connectivity index (χ3n) is 11.1. The maximum Gasteiger partial charge on any atom is 0.165 e. The second-order valence-corrected chi connectivity index (χ2v) is 16.5. The van der Waals surface area contributed by atoms with Crippen LogP contribution in [0.5, 0.6) is 0 Å². The van der Waals surface area contributed by atoms with Crippen LogP contribution in [-0.2, 0) is 0 Å². The molecule has 0 bridgehead atoms. The van der Waals surface area contributed by atoms with Crippen LogP contribution in [-0.4, -0.2) is 19.5 Å². The van der Waals surface area contributed by atoms with Crippen molar-refractivity contribution in [2.45, 2.75) is 0 Å². The van der Waals surface area contributed by atoms with E-state index in [1.54, 1.807) is 0 Å². The lowest BCUT2D eigenvalue weighted by Gasteiger charge is -2.10. The molecule has 0 aliphatic heterocycles. The van der Waals surface area contributed by atoms with Crippen molar-refractivity contribution in [2.24, 2.45) is 0 Å². The molecule has 0 atom stereocenters. The standard InChI is InChI=1S/C51H30N4S2/c1-3-12-31(13-4-1)32-22-24-33(25-23-32)49-52-50(34-26-29-45-42(30-34)37-17-8-10-21-44(37)56-45)54-51(53-49)41-19-11-18-39-40-28-27-38-36-16-7-9-20-43(36)55(35-14-5-2-6-15-35)46(38)48(40)57-47(39)41/h1-30H. The Morgan fingerprint density at radius 1 is 0.351 bits per heavy atom. The topological polar surface area (TPSA) is 43.6 Å². The number of hydrogen-bond acceptors (Lipinski definition) is 5. The molecule has 0 radical (unpaired) electrons. The number of aromatic nitrogens is 4. The molecule has 0 spiro atoms. The lowest BCUT2D eigenvalue weighted by atomic mass is 10.0. The van der Waals surface area contributed by atoms with E-state index in [9.17, 15) is 0 Å². The second-order valence-electron chi connectivity index (χ2n) is 14.4. The number of hydrogen-bond donors (Lipinski definition) is 0. The molecule has 4 nitrogen and oxygen atoms in total. The summed E-state index contributed by atoms with van der Waals surface area (Å²) in [5, 5.41) is 7.38. The van der Waals surface area contributed by atoms with Crippen molar-refractivity contribution in [1.29, 1.82) is 0 Å². The van der Waals surface area contributed by atoms with Crippen LogP contribution >= 0.6 is 22.7 Å². The maximum absolute atomic E-state index is 5.30. The van der Waals surface area contributed by atoms with Gasteiger partial charge in [0.05, 0.1) is 15.7 Å². The summed E-state index contributed by atoms with van der Waals surface area (Å²) in [6.07, 6.45) is 0. The van der Waals surface area contributed by atoms with Crippen molar-refractivity contribution in [2.75, 3.05) is 0 Å². The Hall–Kier alpha value is -6.99. The summed E-state index contributed by atoms with van der Waals surface area (Å²) in [5.74, 6) is 1.97. The van der Waals surface area contributed by atoms with Crippen molar-refractivity contribution in [3.8, 4) is 51.0 Å². The first-order chi connectivity index (χ1) is 28.2. The molecule has 57 heavy (non-hydrogen) atoms. The molecule has 12 rings (SSSR count). The van der Waals surface area contributed by atoms with Gasteiger partial charge in [0.2, 0.25) is 0 Å². The van der Waals surface area contributed by atoms with Gasteiger partial charge in [-0.3, -0.25) is 0 Å². The van der Waals surface area contributed by atoms with Gasteiger partial charge in [0.1, 0.15) is 0 Å². The predicted molar refractivity (Wildman–Crippen MR) is 242 cm³/mol. The van der Waals surface area contributed by atoms with Gasteiger partial charge in [0.15, 0.2) is 17.5 Å².